The number of hydrogen-bond acceptors (Lipinski definition) is 4. The van der Waals surface area contributed by atoms with Crippen molar-refractivity contribution in [2.75, 3.05) is 6.61 Å². The van der Waals surface area contributed by atoms with Crippen molar-refractivity contribution in [3.8, 4) is 0 Å². The third-order valence-corrected chi connectivity index (χ3v) is 3.83. The van der Waals surface area contributed by atoms with Crippen molar-refractivity contribution in [3.05, 3.63) is 34.4 Å². The Morgan fingerprint density at radius 2 is 1.38 bits per heavy atom. The molecule has 0 aromatic heterocycles. The lowest BCUT2D eigenvalue weighted by molar-refractivity contribution is -0.139. The summed E-state index contributed by atoms with van der Waals surface area (Å²) >= 11 is 0. The van der Waals surface area contributed by atoms with Crippen LogP contribution >= 0.6 is 0 Å². The SMILES string of the molecule is CCOC(=O)C(C(C)=O)=C1C=C(C(C)(C)C)C(=O)C(C(C)(C)C)=C1. The molecule has 0 radical (unpaired) electrons. The Morgan fingerprint density at radius 1 is 0.958 bits per heavy atom. The highest BCUT2D eigenvalue weighted by atomic mass is 16.5. The van der Waals surface area contributed by atoms with Crippen LogP contribution in [0.3, 0.4) is 0 Å². The van der Waals surface area contributed by atoms with E-state index in [9.17, 15) is 14.4 Å². The van der Waals surface area contributed by atoms with Gasteiger partial charge in [-0.15, -0.1) is 0 Å². The molecule has 4 nitrogen and oxygen atoms in total. The summed E-state index contributed by atoms with van der Waals surface area (Å²) in [6.45, 7) is 14.9. The smallest absolute Gasteiger partial charge is 0.342 e. The molecule has 0 fully saturated rings. The first-order valence-electron chi connectivity index (χ1n) is 8.22. The zero-order valence-electron chi connectivity index (χ0n) is 16.0. The molecule has 0 aliphatic heterocycles. The summed E-state index contributed by atoms with van der Waals surface area (Å²) in [5, 5.41) is 0. The van der Waals surface area contributed by atoms with Crippen molar-refractivity contribution in [3.63, 3.8) is 0 Å². The van der Waals surface area contributed by atoms with Crippen LogP contribution in [0.2, 0.25) is 0 Å². The van der Waals surface area contributed by atoms with E-state index < -0.39 is 16.8 Å². The van der Waals surface area contributed by atoms with Crippen molar-refractivity contribution in [1.29, 1.82) is 0 Å². The van der Waals surface area contributed by atoms with Crippen LogP contribution in [0.1, 0.15) is 55.4 Å². The molecule has 0 aromatic carbocycles. The minimum absolute atomic E-state index is 0.00662. The highest BCUT2D eigenvalue weighted by Crippen LogP contribution is 2.39. The van der Waals surface area contributed by atoms with E-state index >= 15 is 0 Å². The van der Waals surface area contributed by atoms with Crippen LogP contribution in [0.25, 0.3) is 0 Å². The molecule has 1 rings (SSSR count). The summed E-state index contributed by atoms with van der Waals surface area (Å²) in [6.07, 6.45) is 3.32. The Balaban J connectivity index is 3.74. The molecule has 0 N–H and O–H groups in total. The molecule has 24 heavy (non-hydrogen) atoms. The van der Waals surface area contributed by atoms with Crippen LogP contribution in [0.5, 0.6) is 0 Å². The molecule has 0 atom stereocenters. The Bertz CT molecular complexity index is 623. The lowest BCUT2D eigenvalue weighted by Gasteiger charge is -2.31. The number of Topliss-reactive ketones (excluding diaryl/α,β-unsaturated/α-hetero) is 2. The van der Waals surface area contributed by atoms with Crippen molar-refractivity contribution >= 4 is 17.5 Å². The maximum atomic E-state index is 12.9. The van der Waals surface area contributed by atoms with Gasteiger partial charge in [0.15, 0.2) is 11.6 Å². The number of allylic oxidation sites excluding steroid dienone is 5. The second-order valence-corrected chi connectivity index (χ2v) is 8.05. The van der Waals surface area contributed by atoms with E-state index in [2.05, 4.69) is 0 Å². The predicted octanol–water partition coefficient (Wildman–Crippen LogP) is 3.96. The van der Waals surface area contributed by atoms with Crippen LogP contribution in [0, 0.1) is 10.8 Å². The molecular weight excluding hydrogens is 304 g/mol. The van der Waals surface area contributed by atoms with Gasteiger partial charge in [-0.3, -0.25) is 9.59 Å². The minimum atomic E-state index is -0.650. The summed E-state index contributed by atoms with van der Waals surface area (Å²) in [5.41, 5.74) is 0.831. The highest BCUT2D eigenvalue weighted by molar-refractivity contribution is 6.19. The molecule has 0 spiro atoms. The number of ether oxygens (including phenoxy) is 1. The first-order valence-corrected chi connectivity index (χ1v) is 8.22. The molecule has 0 amide bonds. The fourth-order valence-electron chi connectivity index (χ4n) is 2.56. The van der Waals surface area contributed by atoms with E-state index in [4.69, 9.17) is 4.74 Å². The van der Waals surface area contributed by atoms with E-state index in [-0.39, 0.29) is 23.7 Å². The number of rotatable bonds is 3. The Morgan fingerprint density at radius 3 is 1.67 bits per heavy atom. The monoisotopic (exact) mass is 332 g/mol. The molecule has 0 unspecified atom stereocenters. The van der Waals surface area contributed by atoms with Crippen LogP contribution in [-0.2, 0) is 19.1 Å². The molecule has 0 bridgehead atoms. The predicted molar refractivity (Wildman–Crippen MR) is 94.4 cm³/mol. The third-order valence-electron chi connectivity index (χ3n) is 3.83. The van der Waals surface area contributed by atoms with E-state index in [0.717, 1.165) is 0 Å². The quantitative estimate of drug-likeness (QED) is 0.340. The number of esters is 1. The number of hydrogen-bond donors (Lipinski definition) is 0. The fraction of sp³-hybridized carbons (Fsp3) is 0.550. The average Bonchev–Trinajstić information content (AvgIpc) is 2.37. The van der Waals surface area contributed by atoms with Gasteiger partial charge in [-0.1, -0.05) is 41.5 Å². The zero-order chi connectivity index (χ0) is 18.9. The van der Waals surface area contributed by atoms with E-state index in [1.54, 1.807) is 19.1 Å². The van der Waals surface area contributed by atoms with E-state index in [1.165, 1.54) is 6.92 Å². The number of ketones is 2. The van der Waals surface area contributed by atoms with Crippen molar-refractivity contribution in [2.24, 2.45) is 10.8 Å². The number of carbonyl (C=O) groups is 3. The average molecular weight is 332 g/mol. The van der Waals surface area contributed by atoms with Gasteiger partial charge in [0.1, 0.15) is 5.57 Å². The minimum Gasteiger partial charge on any atom is -0.462 e. The topological polar surface area (TPSA) is 60.4 Å². The maximum Gasteiger partial charge on any atom is 0.342 e. The van der Waals surface area contributed by atoms with Gasteiger partial charge in [0, 0.05) is 11.1 Å². The van der Waals surface area contributed by atoms with Gasteiger partial charge in [-0.25, -0.2) is 4.79 Å². The standard InChI is InChI=1S/C20H28O4/c1-9-24-18(23)16(12(2)21)13-10-14(19(3,4)5)17(22)15(11-13)20(6,7)8/h10-11H,9H2,1-8H3. The van der Waals surface area contributed by atoms with Crippen LogP contribution in [0.15, 0.2) is 34.4 Å². The highest BCUT2D eigenvalue weighted by Gasteiger charge is 2.35. The first kappa shape index (κ1) is 20.1. The van der Waals surface area contributed by atoms with E-state index in [1.807, 2.05) is 41.5 Å². The lowest BCUT2D eigenvalue weighted by atomic mass is 9.71. The second-order valence-electron chi connectivity index (χ2n) is 8.05. The number of carbonyl (C=O) groups excluding carboxylic acids is 3. The van der Waals surface area contributed by atoms with Crippen molar-refractivity contribution in [1.82, 2.24) is 0 Å². The molecule has 0 heterocycles. The molecule has 0 saturated carbocycles. The van der Waals surface area contributed by atoms with Crippen molar-refractivity contribution in [2.45, 2.75) is 55.4 Å². The third kappa shape index (κ3) is 4.31. The van der Waals surface area contributed by atoms with Crippen LogP contribution in [0.4, 0.5) is 0 Å². The lowest BCUT2D eigenvalue weighted by Crippen LogP contribution is -2.29. The van der Waals surface area contributed by atoms with Gasteiger partial charge in [0.05, 0.1) is 6.61 Å². The molecule has 132 valence electrons. The Kier molecular flexibility index (Phi) is 5.75. The molecule has 4 heteroatoms. The fourth-order valence-corrected chi connectivity index (χ4v) is 2.56. The second kappa shape index (κ2) is 6.88. The van der Waals surface area contributed by atoms with Crippen LogP contribution < -0.4 is 0 Å². The van der Waals surface area contributed by atoms with Gasteiger partial charge in [-0.2, -0.15) is 0 Å². The van der Waals surface area contributed by atoms with Gasteiger partial charge in [-0.05, 0) is 42.4 Å². The normalized spacial score (nSPS) is 15.7. The molecular formula is C20H28O4. The molecule has 1 aliphatic carbocycles. The van der Waals surface area contributed by atoms with Gasteiger partial charge in [0.2, 0.25) is 0 Å². The van der Waals surface area contributed by atoms with Gasteiger partial charge >= 0.3 is 5.97 Å². The summed E-state index contributed by atoms with van der Waals surface area (Å²) in [7, 11) is 0. The van der Waals surface area contributed by atoms with Crippen LogP contribution in [-0.4, -0.2) is 24.1 Å². The molecule has 0 saturated heterocycles. The molecule has 1 aliphatic rings. The van der Waals surface area contributed by atoms with E-state index in [0.29, 0.717) is 16.7 Å². The summed E-state index contributed by atoms with van der Waals surface area (Å²) in [6, 6.07) is 0. The van der Waals surface area contributed by atoms with Gasteiger partial charge < -0.3 is 4.74 Å². The Labute approximate surface area is 144 Å². The van der Waals surface area contributed by atoms with Crippen molar-refractivity contribution < 1.29 is 19.1 Å². The zero-order valence-corrected chi connectivity index (χ0v) is 16.0. The first-order chi connectivity index (χ1) is 10.8. The maximum absolute atomic E-state index is 12.9. The summed E-state index contributed by atoms with van der Waals surface area (Å²) < 4.78 is 5.03. The largest absolute Gasteiger partial charge is 0.462 e. The molecule has 0 aromatic rings. The Hall–Kier alpha value is -1.97. The summed E-state index contributed by atoms with van der Waals surface area (Å²) in [5.74, 6) is -1.05. The summed E-state index contributed by atoms with van der Waals surface area (Å²) in [4.78, 5) is 37.2. The van der Waals surface area contributed by atoms with Gasteiger partial charge in [0.25, 0.3) is 0 Å².